The van der Waals surface area contributed by atoms with Crippen LogP contribution in [0.1, 0.15) is 21.5 Å². The molecule has 0 saturated heterocycles. The molecule has 0 aromatic heterocycles. The summed E-state index contributed by atoms with van der Waals surface area (Å²) < 4.78 is 23.7. The molecule has 2 aromatic carbocycles. The molecule has 0 heterocycles. The third-order valence-electron chi connectivity index (χ3n) is 2.89. The summed E-state index contributed by atoms with van der Waals surface area (Å²) in [7, 11) is 1.32. The molecule has 104 valence electrons. The summed E-state index contributed by atoms with van der Waals surface area (Å²) in [4.78, 5) is 11.6. The summed E-state index contributed by atoms with van der Waals surface area (Å²) in [6.45, 7) is 1.96. The molecule has 0 bridgehead atoms. The molecular weight excluding hydrogens is 259 g/mol. The number of esters is 1. The normalized spacial score (nSPS) is 10.2. The van der Waals surface area contributed by atoms with Gasteiger partial charge in [-0.3, -0.25) is 0 Å². The molecule has 0 unspecified atom stereocenters. The predicted octanol–water partition coefficient (Wildman–Crippen LogP) is 3.50. The fraction of sp³-hybridized carbons (Fsp3) is 0.188. The van der Waals surface area contributed by atoms with Crippen LogP contribution in [0.5, 0.6) is 5.75 Å². The molecule has 0 radical (unpaired) electrons. The first kappa shape index (κ1) is 14.1. The quantitative estimate of drug-likeness (QED) is 0.800. The Balaban J connectivity index is 2.19. The van der Waals surface area contributed by atoms with Gasteiger partial charge in [-0.1, -0.05) is 24.3 Å². The Morgan fingerprint density at radius 3 is 2.70 bits per heavy atom. The van der Waals surface area contributed by atoms with Crippen molar-refractivity contribution in [3.63, 3.8) is 0 Å². The maximum absolute atomic E-state index is 13.6. The van der Waals surface area contributed by atoms with Crippen LogP contribution < -0.4 is 4.74 Å². The molecule has 3 nitrogen and oxygen atoms in total. The van der Waals surface area contributed by atoms with Gasteiger partial charge >= 0.3 is 5.97 Å². The average molecular weight is 274 g/mol. The number of rotatable bonds is 4. The number of aryl methyl sites for hydroxylation is 1. The van der Waals surface area contributed by atoms with Gasteiger partial charge in [0.05, 0.1) is 12.7 Å². The molecule has 2 rings (SSSR count). The van der Waals surface area contributed by atoms with Gasteiger partial charge in [0, 0.05) is 5.56 Å². The average Bonchev–Trinajstić information content (AvgIpc) is 2.47. The number of ether oxygens (including phenoxy) is 2. The van der Waals surface area contributed by atoms with Gasteiger partial charge in [0.2, 0.25) is 0 Å². The second-order valence-corrected chi connectivity index (χ2v) is 4.37. The molecular formula is C16H15FO3. The first-order valence-corrected chi connectivity index (χ1v) is 6.17. The van der Waals surface area contributed by atoms with Crippen molar-refractivity contribution in [3.8, 4) is 5.75 Å². The van der Waals surface area contributed by atoms with E-state index in [-0.39, 0.29) is 12.4 Å². The summed E-state index contributed by atoms with van der Waals surface area (Å²) in [5, 5.41) is 0. The number of hydrogen-bond acceptors (Lipinski definition) is 3. The predicted molar refractivity (Wildman–Crippen MR) is 73.3 cm³/mol. The van der Waals surface area contributed by atoms with Gasteiger partial charge in [-0.25, -0.2) is 9.18 Å². The number of carbonyl (C=O) groups excluding carboxylic acids is 1. The number of hydrogen-bond donors (Lipinski definition) is 0. The van der Waals surface area contributed by atoms with E-state index in [1.807, 2.05) is 6.92 Å². The van der Waals surface area contributed by atoms with Gasteiger partial charge in [0.15, 0.2) is 11.6 Å². The molecule has 0 N–H and O–H groups in total. The smallest absolute Gasteiger partial charge is 0.338 e. The number of methoxy groups -OCH3 is 1. The maximum Gasteiger partial charge on any atom is 0.338 e. The Bertz CT molecular complexity index is 623. The van der Waals surface area contributed by atoms with Crippen molar-refractivity contribution in [1.29, 1.82) is 0 Å². The van der Waals surface area contributed by atoms with Crippen LogP contribution in [0, 0.1) is 12.7 Å². The fourth-order valence-electron chi connectivity index (χ4n) is 1.83. The second kappa shape index (κ2) is 6.19. The van der Waals surface area contributed by atoms with Gasteiger partial charge in [0.1, 0.15) is 6.61 Å². The minimum absolute atomic E-state index is 0.103. The highest BCUT2D eigenvalue weighted by Crippen LogP contribution is 2.20. The van der Waals surface area contributed by atoms with Crippen LogP contribution in [-0.4, -0.2) is 13.1 Å². The Labute approximate surface area is 117 Å². The summed E-state index contributed by atoms with van der Waals surface area (Å²) in [5.74, 6) is -0.690. The molecule has 0 aliphatic carbocycles. The lowest BCUT2D eigenvalue weighted by Crippen LogP contribution is -2.08. The Morgan fingerprint density at radius 1 is 1.20 bits per heavy atom. The summed E-state index contributed by atoms with van der Waals surface area (Å²) in [5.41, 5.74) is 1.98. The van der Waals surface area contributed by atoms with E-state index in [9.17, 15) is 9.18 Å². The molecule has 4 heteroatoms. The van der Waals surface area contributed by atoms with Crippen LogP contribution in [0.15, 0.2) is 42.5 Å². The molecule has 2 aromatic rings. The van der Waals surface area contributed by atoms with E-state index in [0.29, 0.717) is 11.1 Å². The van der Waals surface area contributed by atoms with Crippen molar-refractivity contribution < 1.29 is 18.7 Å². The lowest BCUT2D eigenvalue weighted by molar-refractivity contribution is 0.0597. The summed E-state index contributed by atoms with van der Waals surface area (Å²) >= 11 is 0. The summed E-state index contributed by atoms with van der Waals surface area (Å²) in [6, 6.07) is 11.6. The first-order chi connectivity index (χ1) is 9.61. The molecule has 20 heavy (non-hydrogen) atoms. The molecule has 0 aliphatic heterocycles. The zero-order chi connectivity index (χ0) is 14.5. The van der Waals surface area contributed by atoms with E-state index in [1.54, 1.807) is 36.4 Å². The van der Waals surface area contributed by atoms with Crippen LogP contribution >= 0.6 is 0 Å². The van der Waals surface area contributed by atoms with Crippen molar-refractivity contribution in [2.75, 3.05) is 7.11 Å². The monoisotopic (exact) mass is 274 g/mol. The molecule has 0 fully saturated rings. The fourth-order valence-corrected chi connectivity index (χ4v) is 1.83. The largest absolute Gasteiger partial charge is 0.486 e. The zero-order valence-electron chi connectivity index (χ0n) is 11.4. The van der Waals surface area contributed by atoms with E-state index in [4.69, 9.17) is 9.47 Å². The van der Waals surface area contributed by atoms with Crippen molar-refractivity contribution >= 4 is 5.97 Å². The van der Waals surface area contributed by atoms with E-state index in [2.05, 4.69) is 0 Å². The SMILES string of the molecule is COC(=O)c1ccccc1COc1cc(C)ccc1F. The standard InChI is InChI=1S/C16H15FO3/c1-11-7-8-14(17)15(9-11)20-10-12-5-3-4-6-13(12)16(18)19-2/h3-9H,10H2,1-2H3. The highest BCUT2D eigenvalue weighted by Gasteiger charge is 2.12. The Kier molecular flexibility index (Phi) is 4.35. The molecule has 0 aliphatic rings. The van der Waals surface area contributed by atoms with Crippen LogP contribution in [0.3, 0.4) is 0 Å². The lowest BCUT2D eigenvalue weighted by Gasteiger charge is -2.10. The van der Waals surface area contributed by atoms with Crippen molar-refractivity contribution in [3.05, 3.63) is 65.0 Å². The number of carbonyl (C=O) groups is 1. The van der Waals surface area contributed by atoms with E-state index in [0.717, 1.165) is 5.56 Å². The summed E-state index contributed by atoms with van der Waals surface area (Å²) in [6.07, 6.45) is 0. The molecule has 0 atom stereocenters. The Morgan fingerprint density at radius 2 is 1.95 bits per heavy atom. The molecule has 0 saturated carbocycles. The van der Waals surface area contributed by atoms with Gasteiger partial charge < -0.3 is 9.47 Å². The third-order valence-corrected chi connectivity index (χ3v) is 2.89. The van der Waals surface area contributed by atoms with Gasteiger partial charge in [-0.2, -0.15) is 0 Å². The van der Waals surface area contributed by atoms with Gasteiger partial charge in [0.25, 0.3) is 0 Å². The topological polar surface area (TPSA) is 35.5 Å². The molecule has 0 spiro atoms. The van der Waals surface area contributed by atoms with E-state index < -0.39 is 11.8 Å². The van der Waals surface area contributed by atoms with Crippen molar-refractivity contribution in [1.82, 2.24) is 0 Å². The first-order valence-electron chi connectivity index (χ1n) is 6.17. The highest BCUT2D eigenvalue weighted by molar-refractivity contribution is 5.90. The van der Waals surface area contributed by atoms with Crippen molar-refractivity contribution in [2.24, 2.45) is 0 Å². The van der Waals surface area contributed by atoms with Crippen LogP contribution in [0.4, 0.5) is 4.39 Å². The van der Waals surface area contributed by atoms with Crippen LogP contribution in [-0.2, 0) is 11.3 Å². The van der Waals surface area contributed by atoms with E-state index >= 15 is 0 Å². The highest BCUT2D eigenvalue weighted by atomic mass is 19.1. The zero-order valence-corrected chi connectivity index (χ0v) is 11.4. The number of halogens is 1. The Hall–Kier alpha value is -2.36. The van der Waals surface area contributed by atoms with E-state index in [1.165, 1.54) is 13.2 Å². The lowest BCUT2D eigenvalue weighted by atomic mass is 10.1. The third kappa shape index (κ3) is 3.15. The maximum atomic E-state index is 13.6. The molecule has 0 amide bonds. The minimum atomic E-state index is -0.436. The number of benzene rings is 2. The van der Waals surface area contributed by atoms with Gasteiger partial charge in [-0.15, -0.1) is 0 Å². The van der Waals surface area contributed by atoms with Crippen molar-refractivity contribution in [2.45, 2.75) is 13.5 Å². The minimum Gasteiger partial charge on any atom is -0.486 e. The van der Waals surface area contributed by atoms with Crippen LogP contribution in [0.25, 0.3) is 0 Å². The van der Waals surface area contributed by atoms with Crippen LogP contribution in [0.2, 0.25) is 0 Å². The second-order valence-electron chi connectivity index (χ2n) is 4.37. The van der Waals surface area contributed by atoms with Gasteiger partial charge in [-0.05, 0) is 30.7 Å².